The van der Waals surface area contributed by atoms with Crippen molar-refractivity contribution in [2.75, 3.05) is 32.1 Å². The molecule has 0 bridgehead atoms. The Bertz CT molecular complexity index is 599. The van der Waals surface area contributed by atoms with Crippen LogP contribution in [-0.2, 0) is 16.1 Å². The molecule has 1 atom stereocenters. The van der Waals surface area contributed by atoms with Gasteiger partial charge in [-0.15, -0.1) is 0 Å². The molecule has 2 aliphatic rings. The molecular weight excluding hydrogens is 306 g/mol. The van der Waals surface area contributed by atoms with Crippen LogP contribution in [0.25, 0.3) is 0 Å². The fourth-order valence-corrected chi connectivity index (χ4v) is 3.23. The second kappa shape index (κ2) is 7.66. The number of rotatable bonds is 5. The van der Waals surface area contributed by atoms with E-state index in [4.69, 9.17) is 4.74 Å². The molecule has 130 valence electrons. The average molecular weight is 331 g/mol. The van der Waals surface area contributed by atoms with Gasteiger partial charge >= 0.3 is 6.03 Å². The number of nitrogens with zero attached hydrogens (tertiary/aromatic N) is 2. The molecule has 0 aliphatic carbocycles. The highest BCUT2D eigenvalue weighted by Crippen LogP contribution is 2.18. The van der Waals surface area contributed by atoms with Gasteiger partial charge < -0.3 is 19.9 Å². The summed E-state index contributed by atoms with van der Waals surface area (Å²) >= 11 is 0. The number of carbonyl (C=O) groups excluding carboxylic acids is 2. The zero-order chi connectivity index (χ0) is 16.9. The van der Waals surface area contributed by atoms with Gasteiger partial charge in [-0.2, -0.15) is 0 Å². The Balaban J connectivity index is 1.55. The Morgan fingerprint density at radius 2 is 2.29 bits per heavy atom. The number of likely N-dealkylation sites (tertiary alicyclic amines) is 1. The molecule has 6 nitrogen and oxygen atoms in total. The predicted octanol–water partition coefficient (Wildman–Crippen LogP) is 2.45. The number of hydrogen-bond acceptors (Lipinski definition) is 3. The summed E-state index contributed by atoms with van der Waals surface area (Å²) in [5, 5.41) is 2.92. The number of likely N-dealkylation sites (N-methyl/N-ethyl adjacent to an activating group) is 1. The molecule has 6 heteroatoms. The molecule has 0 spiro atoms. The van der Waals surface area contributed by atoms with Gasteiger partial charge in [-0.1, -0.05) is 12.1 Å². The van der Waals surface area contributed by atoms with Crippen LogP contribution < -0.4 is 5.32 Å². The predicted molar refractivity (Wildman–Crippen MR) is 91.7 cm³/mol. The van der Waals surface area contributed by atoms with Crippen molar-refractivity contribution in [3.05, 3.63) is 29.8 Å². The summed E-state index contributed by atoms with van der Waals surface area (Å²) in [6.07, 6.45) is 3.80. The Hall–Kier alpha value is -2.08. The van der Waals surface area contributed by atoms with Crippen LogP contribution in [0, 0.1) is 0 Å². The van der Waals surface area contributed by atoms with Crippen molar-refractivity contribution >= 4 is 17.6 Å². The molecule has 24 heavy (non-hydrogen) atoms. The number of urea groups is 1. The van der Waals surface area contributed by atoms with Crippen LogP contribution in [0.5, 0.6) is 0 Å². The minimum atomic E-state index is -0.139. The lowest BCUT2D eigenvalue weighted by Gasteiger charge is -2.21. The number of ether oxygens (including phenoxy) is 1. The van der Waals surface area contributed by atoms with E-state index in [0.717, 1.165) is 43.7 Å². The average Bonchev–Trinajstić information content (AvgIpc) is 3.20. The van der Waals surface area contributed by atoms with E-state index in [1.54, 1.807) is 11.9 Å². The Morgan fingerprint density at radius 1 is 1.42 bits per heavy atom. The Kier molecular flexibility index (Phi) is 5.35. The van der Waals surface area contributed by atoms with Crippen molar-refractivity contribution in [3.63, 3.8) is 0 Å². The van der Waals surface area contributed by atoms with Crippen LogP contribution in [-0.4, -0.2) is 54.6 Å². The van der Waals surface area contributed by atoms with E-state index in [1.807, 2.05) is 29.2 Å². The molecule has 3 rings (SSSR count). The second-order valence-corrected chi connectivity index (χ2v) is 6.56. The summed E-state index contributed by atoms with van der Waals surface area (Å²) in [4.78, 5) is 27.6. The number of anilines is 1. The van der Waals surface area contributed by atoms with Gasteiger partial charge in [-0.05, 0) is 37.0 Å². The number of amides is 3. The van der Waals surface area contributed by atoms with E-state index >= 15 is 0 Å². The molecule has 2 aliphatic heterocycles. The van der Waals surface area contributed by atoms with E-state index < -0.39 is 0 Å². The van der Waals surface area contributed by atoms with Crippen molar-refractivity contribution < 1.29 is 14.3 Å². The number of nitrogens with one attached hydrogen (secondary N) is 1. The van der Waals surface area contributed by atoms with Crippen LogP contribution in [0.1, 0.15) is 31.2 Å². The lowest BCUT2D eigenvalue weighted by atomic mass is 10.2. The van der Waals surface area contributed by atoms with E-state index in [9.17, 15) is 9.59 Å². The molecule has 0 radical (unpaired) electrons. The lowest BCUT2D eigenvalue weighted by Crippen LogP contribution is -2.37. The minimum Gasteiger partial charge on any atom is -0.376 e. The van der Waals surface area contributed by atoms with Crippen LogP contribution in [0.3, 0.4) is 0 Å². The maximum atomic E-state index is 12.3. The van der Waals surface area contributed by atoms with Gasteiger partial charge in [0.15, 0.2) is 0 Å². The fraction of sp³-hybridized carbons (Fsp3) is 0.556. The molecule has 2 saturated heterocycles. The summed E-state index contributed by atoms with van der Waals surface area (Å²) in [5.41, 5.74) is 1.79. The van der Waals surface area contributed by atoms with Gasteiger partial charge in [0.2, 0.25) is 5.91 Å². The summed E-state index contributed by atoms with van der Waals surface area (Å²) in [6, 6.07) is 7.55. The highest BCUT2D eigenvalue weighted by atomic mass is 16.5. The number of carbonyl (C=O) groups is 2. The third-order valence-corrected chi connectivity index (χ3v) is 4.57. The normalized spacial score (nSPS) is 20.5. The summed E-state index contributed by atoms with van der Waals surface area (Å²) < 4.78 is 5.57. The molecule has 0 aromatic heterocycles. The van der Waals surface area contributed by atoms with Gasteiger partial charge in [-0.3, -0.25) is 4.79 Å². The summed E-state index contributed by atoms with van der Waals surface area (Å²) in [6.45, 7) is 2.82. The Labute approximate surface area is 142 Å². The molecule has 1 aromatic rings. The lowest BCUT2D eigenvalue weighted by molar-refractivity contribution is -0.128. The highest BCUT2D eigenvalue weighted by molar-refractivity contribution is 5.89. The molecule has 3 amide bonds. The monoisotopic (exact) mass is 331 g/mol. The van der Waals surface area contributed by atoms with E-state index in [2.05, 4.69) is 5.32 Å². The molecule has 1 aromatic carbocycles. The van der Waals surface area contributed by atoms with E-state index in [-0.39, 0.29) is 18.0 Å². The number of benzene rings is 1. The molecule has 2 fully saturated rings. The molecule has 2 heterocycles. The van der Waals surface area contributed by atoms with Crippen molar-refractivity contribution in [2.45, 2.75) is 38.3 Å². The van der Waals surface area contributed by atoms with Gasteiger partial charge in [0.25, 0.3) is 0 Å². The van der Waals surface area contributed by atoms with Gasteiger partial charge in [0.1, 0.15) is 0 Å². The maximum absolute atomic E-state index is 12.3. The topological polar surface area (TPSA) is 61.9 Å². The van der Waals surface area contributed by atoms with Crippen molar-refractivity contribution in [3.8, 4) is 0 Å². The van der Waals surface area contributed by atoms with Crippen molar-refractivity contribution in [2.24, 2.45) is 0 Å². The van der Waals surface area contributed by atoms with Crippen LogP contribution in [0.2, 0.25) is 0 Å². The van der Waals surface area contributed by atoms with Crippen LogP contribution >= 0.6 is 0 Å². The molecule has 1 N–H and O–H groups in total. The van der Waals surface area contributed by atoms with Crippen molar-refractivity contribution in [1.82, 2.24) is 9.80 Å². The highest BCUT2D eigenvalue weighted by Gasteiger charge is 2.21. The fourth-order valence-electron chi connectivity index (χ4n) is 3.23. The van der Waals surface area contributed by atoms with Crippen molar-refractivity contribution in [1.29, 1.82) is 0 Å². The largest absolute Gasteiger partial charge is 0.376 e. The van der Waals surface area contributed by atoms with Gasteiger partial charge in [0, 0.05) is 45.4 Å². The first-order valence-corrected chi connectivity index (χ1v) is 8.62. The smallest absolute Gasteiger partial charge is 0.321 e. The maximum Gasteiger partial charge on any atom is 0.321 e. The number of hydrogen-bond donors (Lipinski definition) is 1. The summed E-state index contributed by atoms with van der Waals surface area (Å²) in [7, 11) is 1.78. The zero-order valence-corrected chi connectivity index (χ0v) is 14.2. The van der Waals surface area contributed by atoms with E-state index in [0.29, 0.717) is 19.5 Å². The SMILES string of the molecule is CN(C[C@H]1CCCO1)C(=O)Nc1cccc(CN2CCCC2=O)c1. The summed E-state index contributed by atoms with van der Waals surface area (Å²) in [5.74, 6) is 0.209. The van der Waals surface area contributed by atoms with Gasteiger partial charge in [-0.25, -0.2) is 4.79 Å². The standard InChI is InChI=1S/C18H25N3O3/c1-20(13-16-7-4-10-24-16)18(23)19-15-6-2-5-14(11-15)12-21-9-3-8-17(21)22/h2,5-6,11,16H,3-4,7-10,12-13H2,1H3,(H,19,23)/t16-/m1/s1. The third-order valence-electron chi connectivity index (χ3n) is 4.57. The third kappa shape index (κ3) is 4.26. The minimum absolute atomic E-state index is 0.139. The first kappa shape index (κ1) is 16.8. The first-order valence-electron chi connectivity index (χ1n) is 8.62. The molecule has 0 saturated carbocycles. The van der Waals surface area contributed by atoms with E-state index in [1.165, 1.54) is 0 Å². The first-order chi connectivity index (χ1) is 11.6. The zero-order valence-electron chi connectivity index (χ0n) is 14.2. The quantitative estimate of drug-likeness (QED) is 0.901. The van der Waals surface area contributed by atoms with Crippen LogP contribution in [0.4, 0.5) is 10.5 Å². The van der Waals surface area contributed by atoms with Crippen LogP contribution in [0.15, 0.2) is 24.3 Å². The second-order valence-electron chi connectivity index (χ2n) is 6.56. The Morgan fingerprint density at radius 3 is 3.00 bits per heavy atom. The molecular formula is C18H25N3O3. The van der Waals surface area contributed by atoms with Gasteiger partial charge in [0.05, 0.1) is 6.10 Å². The molecule has 0 unspecified atom stereocenters.